The van der Waals surface area contributed by atoms with Crippen LogP contribution in [0.15, 0.2) is 54.6 Å². The number of imide groups is 1. The molecule has 0 radical (unpaired) electrons. The van der Waals surface area contributed by atoms with Crippen molar-refractivity contribution in [2.24, 2.45) is 0 Å². The van der Waals surface area contributed by atoms with E-state index in [1.165, 1.54) is 12.1 Å². The highest BCUT2D eigenvalue weighted by Gasteiger charge is 2.40. The molecule has 3 rings (SSSR count). The van der Waals surface area contributed by atoms with E-state index < -0.39 is 23.9 Å². The summed E-state index contributed by atoms with van der Waals surface area (Å²) >= 11 is 0. The zero-order valence-corrected chi connectivity index (χ0v) is 12.1. The molecule has 0 aliphatic carbocycles. The van der Waals surface area contributed by atoms with Crippen molar-refractivity contribution >= 4 is 23.6 Å². The molecule has 2 aromatic carbocycles. The van der Waals surface area contributed by atoms with Crippen LogP contribution in [0, 0.1) is 0 Å². The minimum atomic E-state index is -1.19. The number of benzene rings is 2. The fourth-order valence-electron chi connectivity index (χ4n) is 2.60. The standard InChI is InChI=1S/C17H14N2O4/c20-15-13(10-11-6-2-1-3-7-11)18-17(23)19(15)14-9-5-4-8-12(14)16(21)22/h1-9,13H,10H2,(H,18,23)(H,21,22). The van der Waals surface area contributed by atoms with Crippen LogP contribution in [-0.4, -0.2) is 29.1 Å². The molecule has 1 unspecified atom stereocenters. The zero-order valence-electron chi connectivity index (χ0n) is 12.1. The summed E-state index contributed by atoms with van der Waals surface area (Å²) in [6.07, 6.45) is 0.358. The molecule has 23 heavy (non-hydrogen) atoms. The Labute approximate surface area is 132 Å². The van der Waals surface area contributed by atoms with Crippen LogP contribution < -0.4 is 10.2 Å². The monoisotopic (exact) mass is 310 g/mol. The number of carbonyl (C=O) groups excluding carboxylic acids is 2. The molecule has 3 amide bonds. The van der Waals surface area contributed by atoms with Gasteiger partial charge in [-0.1, -0.05) is 42.5 Å². The summed E-state index contributed by atoms with van der Waals surface area (Å²) in [5.41, 5.74) is 0.911. The van der Waals surface area contributed by atoms with E-state index in [-0.39, 0.29) is 11.3 Å². The van der Waals surface area contributed by atoms with Crippen LogP contribution >= 0.6 is 0 Å². The lowest BCUT2D eigenvalue weighted by Gasteiger charge is -2.15. The van der Waals surface area contributed by atoms with E-state index in [0.29, 0.717) is 6.42 Å². The molecule has 6 nitrogen and oxygen atoms in total. The van der Waals surface area contributed by atoms with Gasteiger partial charge in [-0.3, -0.25) is 4.79 Å². The summed E-state index contributed by atoms with van der Waals surface area (Å²) in [4.78, 5) is 36.9. The van der Waals surface area contributed by atoms with Gasteiger partial charge in [0.2, 0.25) is 0 Å². The third-order valence-electron chi connectivity index (χ3n) is 3.68. The maximum Gasteiger partial charge on any atom is 0.337 e. The maximum absolute atomic E-state index is 12.5. The molecule has 0 saturated carbocycles. The highest BCUT2D eigenvalue weighted by atomic mass is 16.4. The summed E-state index contributed by atoms with van der Waals surface area (Å²) in [6, 6.07) is 14.0. The van der Waals surface area contributed by atoms with Crippen molar-refractivity contribution in [2.75, 3.05) is 4.90 Å². The van der Waals surface area contributed by atoms with E-state index in [9.17, 15) is 19.5 Å². The molecular formula is C17H14N2O4. The van der Waals surface area contributed by atoms with Crippen LogP contribution in [0.1, 0.15) is 15.9 Å². The average Bonchev–Trinajstić information content (AvgIpc) is 2.82. The molecule has 6 heteroatoms. The summed E-state index contributed by atoms with van der Waals surface area (Å²) in [7, 11) is 0. The Kier molecular flexibility index (Phi) is 3.80. The topological polar surface area (TPSA) is 86.7 Å². The number of aromatic carboxylic acids is 1. The van der Waals surface area contributed by atoms with Gasteiger partial charge >= 0.3 is 12.0 Å². The number of rotatable bonds is 4. The second kappa shape index (κ2) is 5.92. The number of carboxylic acid groups (broad SMARTS) is 1. The molecule has 1 saturated heterocycles. The highest BCUT2D eigenvalue weighted by Crippen LogP contribution is 2.25. The zero-order chi connectivity index (χ0) is 16.4. The molecule has 116 valence electrons. The average molecular weight is 310 g/mol. The molecule has 1 fully saturated rings. The smallest absolute Gasteiger partial charge is 0.337 e. The van der Waals surface area contributed by atoms with E-state index in [0.717, 1.165) is 10.5 Å². The summed E-state index contributed by atoms with van der Waals surface area (Å²) in [6.45, 7) is 0. The van der Waals surface area contributed by atoms with Gasteiger partial charge in [0.1, 0.15) is 6.04 Å². The Morgan fingerprint density at radius 2 is 1.70 bits per heavy atom. The minimum Gasteiger partial charge on any atom is -0.478 e. The molecule has 0 bridgehead atoms. The fourth-order valence-corrected chi connectivity index (χ4v) is 2.60. The molecule has 2 aromatic rings. The predicted molar refractivity (Wildman–Crippen MR) is 83.4 cm³/mol. The van der Waals surface area contributed by atoms with Crippen molar-refractivity contribution in [1.29, 1.82) is 0 Å². The number of anilines is 1. The van der Waals surface area contributed by atoms with Crippen molar-refractivity contribution in [1.82, 2.24) is 5.32 Å². The van der Waals surface area contributed by atoms with Crippen LogP contribution in [0.5, 0.6) is 0 Å². The lowest BCUT2D eigenvalue weighted by atomic mass is 10.1. The first-order chi connectivity index (χ1) is 11.1. The first kappa shape index (κ1) is 14.8. The van der Waals surface area contributed by atoms with Crippen LogP contribution in [-0.2, 0) is 11.2 Å². The van der Waals surface area contributed by atoms with E-state index in [4.69, 9.17) is 0 Å². The SMILES string of the molecule is O=C(O)c1ccccc1N1C(=O)NC(Cc2ccccc2)C1=O. The van der Waals surface area contributed by atoms with Gasteiger partial charge in [0, 0.05) is 6.42 Å². The molecule has 2 N–H and O–H groups in total. The van der Waals surface area contributed by atoms with Crippen LogP contribution in [0.4, 0.5) is 10.5 Å². The highest BCUT2D eigenvalue weighted by molar-refractivity contribution is 6.23. The molecule has 1 aliphatic heterocycles. The minimum absolute atomic E-state index is 0.0815. The Bertz CT molecular complexity index is 773. The number of hydrogen-bond donors (Lipinski definition) is 2. The molecule has 0 aromatic heterocycles. The first-order valence-corrected chi connectivity index (χ1v) is 7.08. The van der Waals surface area contributed by atoms with E-state index in [2.05, 4.69) is 5.32 Å². The molecule has 0 spiro atoms. The van der Waals surface area contributed by atoms with Crippen molar-refractivity contribution in [2.45, 2.75) is 12.5 Å². The van der Waals surface area contributed by atoms with Gasteiger partial charge in [0.25, 0.3) is 5.91 Å². The summed E-state index contributed by atoms with van der Waals surface area (Å²) < 4.78 is 0. The quantitative estimate of drug-likeness (QED) is 0.846. The Morgan fingerprint density at radius 3 is 2.39 bits per heavy atom. The van der Waals surface area contributed by atoms with Crippen molar-refractivity contribution in [3.63, 3.8) is 0 Å². The largest absolute Gasteiger partial charge is 0.478 e. The van der Waals surface area contributed by atoms with E-state index >= 15 is 0 Å². The second-order valence-electron chi connectivity index (χ2n) is 5.19. The Balaban J connectivity index is 1.89. The maximum atomic E-state index is 12.5. The van der Waals surface area contributed by atoms with Crippen LogP contribution in [0.25, 0.3) is 0 Å². The first-order valence-electron chi connectivity index (χ1n) is 7.08. The molecular weight excluding hydrogens is 296 g/mol. The predicted octanol–water partition coefficient (Wildman–Crippen LogP) is 2.05. The van der Waals surface area contributed by atoms with Crippen molar-refractivity contribution < 1.29 is 19.5 Å². The van der Waals surface area contributed by atoms with E-state index in [1.807, 2.05) is 30.3 Å². The van der Waals surface area contributed by atoms with Gasteiger partial charge < -0.3 is 10.4 Å². The molecule has 1 aliphatic rings. The number of para-hydroxylation sites is 1. The number of nitrogens with one attached hydrogen (secondary N) is 1. The molecule has 1 heterocycles. The molecule has 1 atom stereocenters. The van der Waals surface area contributed by atoms with Crippen molar-refractivity contribution in [3.8, 4) is 0 Å². The Hall–Kier alpha value is -3.15. The third kappa shape index (κ3) is 2.78. The number of urea groups is 1. The number of amides is 3. The van der Waals surface area contributed by atoms with Gasteiger partial charge in [-0.25, -0.2) is 14.5 Å². The van der Waals surface area contributed by atoms with Gasteiger partial charge in [-0.2, -0.15) is 0 Å². The van der Waals surface area contributed by atoms with Gasteiger partial charge in [-0.15, -0.1) is 0 Å². The van der Waals surface area contributed by atoms with Gasteiger partial charge in [0.15, 0.2) is 0 Å². The number of nitrogens with zero attached hydrogens (tertiary/aromatic N) is 1. The normalized spacial score (nSPS) is 17.2. The third-order valence-corrected chi connectivity index (χ3v) is 3.68. The van der Waals surface area contributed by atoms with E-state index in [1.54, 1.807) is 12.1 Å². The van der Waals surface area contributed by atoms with Crippen molar-refractivity contribution in [3.05, 3.63) is 65.7 Å². The number of carboxylic acids is 1. The van der Waals surface area contributed by atoms with Crippen LogP contribution in [0.2, 0.25) is 0 Å². The second-order valence-corrected chi connectivity index (χ2v) is 5.19. The van der Waals surface area contributed by atoms with Gasteiger partial charge in [0.05, 0.1) is 11.3 Å². The lowest BCUT2D eigenvalue weighted by Crippen LogP contribution is -2.33. The lowest BCUT2D eigenvalue weighted by molar-refractivity contribution is -0.118. The summed E-state index contributed by atoms with van der Waals surface area (Å²) in [5, 5.41) is 11.8. The number of hydrogen-bond acceptors (Lipinski definition) is 3. The number of carbonyl (C=O) groups is 3. The fraction of sp³-hybridized carbons (Fsp3) is 0.118. The summed E-state index contributed by atoms with van der Waals surface area (Å²) in [5.74, 6) is -1.64. The van der Waals surface area contributed by atoms with Crippen LogP contribution in [0.3, 0.4) is 0 Å². The Morgan fingerprint density at radius 1 is 1.04 bits per heavy atom. The van der Waals surface area contributed by atoms with Gasteiger partial charge in [-0.05, 0) is 17.7 Å².